The summed E-state index contributed by atoms with van der Waals surface area (Å²) in [6, 6.07) is 6.15. The average molecular weight is 232 g/mol. The van der Waals surface area contributed by atoms with Crippen LogP contribution in [0.15, 0.2) is 18.2 Å². The highest BCUT2D eigenvalue weighted by molar-refractivity contribution is 6.35. The minimum atomic E-state index is -0.525. The Morgan fingerprint density at radius 3 is 2.88 bits per heavy atom. The summed E-state index contributed by atoms with van der Waals surface area (Å²) in [5, 5.41) is 2.60. The number of rotatable bonds is 3. The van der Waals surface area contributed by atoms with Crippen LogP contribution in [0.1, 0.15) is 18.1 Å². The molecule has 0 saturated heterocycles. The Hall–Kier alpha value is -1.84. The topological polar surface area (TPSA) is 49.4 Å². The fraction of sp³-hybridized carbons (Fsp3) is 0.385. The van der Waals surface area contributed by atoms with Crippen LogP contribution in [0.25, 0.3) is 0 Å². The SMILES string of the molecule is CC(=O)C(=O)NCc1ccc2c(c1)CCN2C. The number of nitrogens with one attached hydrogen (secondary N) is 1. The van der Waals surface area contributed by atoms with Crippen molar-refractivity contribution in [2.45, 2.75) is 19.9 Å². The molecule has 0 fully saturated rings. The molecule has 90 valence electrons. The lowest BCUT2D eigenvalue weighted by molar-refractivity contribution is -0.136. The third kappa shape index (κ3) is 2.46. The van der Waals surface area contributed by atoms with Crippen LogP contribution in [0.4, 0.5) is 5.69 Å². The molecule has 0 aromatic heterocycles. The molecule has 0 unspecified atom stereocenters. The highest BCUT2D eigenvalue weighted by Crippen LogP contribution is 2.27. The van der Waals surface area contributed by atoms with E-state index >= 15 is 0 Å². The second-order valence-corrected chi connectivity index (χ2v) is 4.37. The molecule has 0 spiro atoms. The largest absolute Gasteiger partial charge is 0.374 e. The highest BCUT2D eigenvalue weighted by Gasteiger charge is 2.15. The van der Waals surface area contributed by atoms with Gasteiger partial charge in [0.25, 0.3) is 5.91 Å². The summed E-state index contributed by atoms with van der Waals surface area (Å²) in [6.07, 6.45) is 1.04. The van der Waals surface area contributed by atoms with Crippen LogP contribution in [-0.2, 0) is 22.6 Å². The maximum atomic E-state index is 11.1. The Morgan fingerprint density at radius 1 is 1.41 bits per heavy atom. The zero-order valence-electron chi connectivity index (χ0n) is 10.1. The maximum Gasteiger partial charge on any atom is 0.287 e. The van der Waals surface area contributed by atoms with Gasteiger partial charge in [0, 0.05) is 32.7 Å². The Bertz CT molecular complexity index is 468. The lowest BCUT2D eigenvalue weighted by atomic mass is 10.1. The summed E-state index contributed by atoms with van der Waals surface area (Å²) in [5.41, 5.74) is 3.60. The maximum absolute atomic E-state index is 11.1. The van der Waals surface area contributed by atoms with Crippen molar-refractivity contribution in [3.8, 4) is 0 Å². The zero-order valence-corrected chi connectivity index (χ0v) is 10.1. The van der Waals surface area contributed by atoms with Gasteiger partial charge in [0.1, 0.15) is 0 Å². The van der Waals surface area contributed by atoms with Gasteiger partial charge in [0.05, 0.1) is 0 Å². The van der Waals surface area contributed by atoms with Crippen molar-refractivity contribution in [3.63, 3.8) is 0 Å². The Labute approximate surface area is 101 Å². The van der Waals surface area contributed by atoms with Crippen LogP contribution in [0.3, 0.4) is 0 Å². The van der Waals surface area contributed by atoms with Gasteiger partial charge in [-0.25, -0.2) is 0 Å². The summed E-state index contributed by atoms with van der Waals surface area (Å²) in [5.74, 6) is -0.978. The predicted molar refractivity (Wildman–Crippen MR) is 65.9 cm³/mol. The number of hydrogen-bond donors (Lipinski definition) is 1. The Kier molecular flexibility index (Phi) is 3.13. The van der Waals surface area contributed by atoms with E-state index < -0.39 is 11.7 Å². The molecule has 1 aliphatic rings. The van der Waals surface area contributed by atoms with Crippen LogP contribution in [-0.4, -0.2) is 25.3 Å². The van der Waals surface area contributed by atoms with Gasteiger partial charge in [-0.15, -0.1) is 0 Å². The Balaban J connectivity index is 2.04. The molecule has 1 aromatic carbocycles. The number of likely N-dealkylation sites (N-methyl/N-ethyl adjacent to an activating group) is 1. The first kappa shape index (κ1) is 11.6. The predicted octanol–water partition coefficient (Wildman–Crippen LogP) is 0.884. The molecule has 0 bridgehead atoms. The van der Waals surface area contributed by atoms with Crippen LogP contribution >= 0.6 is 0 Å². The van der Waals surface area contributed by atoms with Gasteiger partial charge in [-0.1, -0.05) is 12.1 Å². The zero-order chi connectivity index (χ0) is 12.4. The van der Waals surface area contributed by atoms with Crippen LogP contribution in [0.2, 0.25) is 0 Å². The van der Waals surface area contributed by atoms with Crippen molar-refractivity contribution in [1.29, 1.82) is 0 Å². The highest BCUT2D eigenvalue weighted by atomic mass is 16.2. The van der Waals surface area contributed by atoms with E-state index in [1.165, 1.54) is 18.2 Å². The number of amides is 1. The summed E-state index contributed by atoms with van der Waals surface area (Å²) in [4.78, 5) is 24.1. The molecule has 17 heavy (non-hydrogen) atoms. The van der Waals surface area contributed by atoms with Gasteiger partial charge in [0.15, 0.2) is 0 Å². The van der Waals surface area contributed by atoms with Crippen LogP contribution in [0.5, 0.6) is 0 Å². The van der Waals surface area contributed by atoms with E-state index in [4.69, 9.17) is 0 Å². The fourth-order valence-electron chi connectivity index (χ4n) is 2.04. The number of nitrogens with zero attached hydrogens (tertiary/aromatic N) is 1. The van der Waals surface area contributed by atoms with Crippen molar-refractivity contribution in [1.82, 2.24) is 5.32 Å². The smallest absolute Gasteiger partial charge is 0.287 e. The molecule has 1 amide bonds. The van der Waals surface area contributed by atoms with Crippen LogP contribution in [0, 0.1) is 0 Å². The third-order valence-electron chi connectivity index (χ3n) is 3.04. The standard InChI is InChI=1S/C13H16N2O2/c1-9(16)13(17)14-8-10-3-4-12-11(7-10)5-6-15(12)2/h3-4,7H,5-6,8H2,1-2H3,(H,14,17). The van der Waals surface area contributed by atoms with E-state index in [1.54, 1.807) is 0 Å². The molecule has 0 atom stereocenters. The minimum absolute atomic E-state index is 0.412. The molecule has 4 nitrogen and oxygen atoms in total. The number of hydrogen-bond acceptors (Lipinski definition) is 3. The number of fused-ring (bicyclic) bond motifs is 1. The number of anilines is 1. The number of carbonyl (C=O) groups is 2. The van der Waals surface area contributed by atoms with Gasteiger partial charge in [0.2, 0.25) is 5.78 Å². The van der Waals surface area contributed by atoms with Gasteiger partial charge >= 0.3 is 0 Å². The number of carbonyl (C=O) groups excluding carboxylic acids is 2. The summed E-state index contributed by atoms with van der Waals surface area (Å²) >= 11 is 0. The van der Waals surface area contributed by atoms with E-state index in [-0.39, 0.29) is 0 Å². The molecule has 1 N–H and O–H groups in total. The van der Waals surface area contributed by atoms with E-state index in [2.05, 4.69) is 29.4 Å². The minimum Gasteiger partial charge on any atom is -0.374 e. The van der Waals surface area contributed by atoms with Gasteiger partial charge in [-0.05, 0) is 23.6 Å². The number of benzene rings is 1. The van der Waals surface area contributed by atoms with Crippen molar-refractivity contribution in [2.75, 3.05) is 18.5 Å². The lowest BCUT2D eigenvalue weighted by Crippen LogP contribution is -2.28. The molecule has 0 saturated carbocycles. The quantitative estimate of drug-likeness (QED) is 0.787. The van der Waals surface area contributed by atoms with Gasteiger partial charge in [-0.2, -0.15) is 0 Å². The Morgan fingerprint density at radius 2 is 2.18 bits per heavy atom. The molecular weight excluding hydrogens is 216 g/mol. The van der Waals surface area contributed by atoms with Gasteiger partial charge < -0.3 is 10.2 Å². The monoisotopic (exact) mass is 232 g/mol. The summed E-state index contributed by atoms with van der Waals surface area (Å²) in [7, 11) is 2.07. The molecular formula is C13H16N2O2. The summed E-state index contributed by atoms with van der Waals surface area (Å²) < 4.78 is 0. The molecule has 4 heteroatoms. The summed E-state index contributed by atoms with van der Waals surface area (Å²) in [6.45, 7) is 2.72. The average Bonchev–Trinajstić information content (AvgIpc) is 2.67. The molecule has 2 rings (SSSR count). The van der Waals surface area contributed by atoms with Crippen LogP contribution < -0.4 is 10.2 Å². The first-order chi connectivity index (χ1) is 8.08. The number of ketones is 1. The molecule has 1 aromatic rings. The van der Waals surface area contributed by atoms with Crippen molar-refractivity contribution in [2.24, 2.45) is 0 Å². The normalized spacial score (nSPS) is 13.4. The second-order valence-electron chi connectivity index (χ2n) is 4.37. The fourth-order valence-corrected chi connectivity index (χ4v) is 2.04. The van der Waals surface area contributed by atoms with Crippen molar-refractivity contribution >= 4 is 17.4 Å². The number of Topliss-reactive ketones (excluding diaryl/α,β-unsaturated/α-hetero) is 1. The molecule has 1 aliphatic heterocycles. The van der Waals surface area contributed by atoms with E-state index in [0.29, 0.717) is 6.54 Å². The first-order valence-corrected chi connectivity index (χ1v) is 5.69. The van der Waals surface area contributed by atoms with E-state index in [1.807, 2.05) is 6.07 Å². The second kappa shape index (κ2) is 4.57. The lowest BCUT2D eigenvalue weighted by Gasteiger charge is -2.12. The van der Waals surface area contributed by atoms with Crippen molar-refractivity contribution in [3.05, 3.63) is 29.3 Å². The van der Waals surface area contributed by atoms with Crippen molar-refractivity contribution < 1.29 is 9.59 Å². The third-order valence-corrected chi connectivity index (χ3v) is 3.04. The first-order valence-electron chi connectivity index (χ1n) is 5.69. The molecule has 0 aliphatic carbocycles. The molecule has 1 heterocycles. The van der Waals surface area contributed by atoms with E-state index in [9.17, 15) is 9.59 Å². The van der Waals surface area contributed by atoms with Gasteiger partial charge in [-0.3, -0.25) is 9.59 Å². The van der Waals surface area contributed by atoms with E-state index in [0.717, 1.165) is 18.5 Å². The molecule has 0 radical (unpaired) electrons.